The molecule has 2 saturated carbocycles. The van der Waals surface area contributed by atoms with Gasteiger partial charge in [0.1, 0.15) is 23.5 Å². The number of hydrogen-bond donors (Lipinski definition) is 1. The molecule has 2 fully saturated rings. The van der Waals surface area contributed by atoms with E-state index >= 15 is 4.39 Å². The topological polar surface area (TPSA) is 77.1 Å². The van der Waals surface area contributed by atoms with Crippen molar-refractivity contribution in [1.29, 1.82) is 0 Å². The molecule has 210 valence electrons. The first-order chi connectivity index (χ1) is 19.0. The maximum Gasteiger partial charge on any atom is 0.422 e. The zero-order valence-electron chi connectivity index (χ0n) is 22.5. The SMILES string of the molecule is CC(NC1(C)CCC1)c1cn2c(=O)c(-c3cccc(C(c4nncn4C)C4CC4)c3)cnc2c(C(F)(F)F)c1F. The Morgan fingerprint density at radius 2 is 1.95 bits per heavy atom. The second-order valence-corrected chi connectivity index (χ2v) is 11.5. The first-order valence-corrected chi connectivity index (χ1v) is 13.5. The zero-order valence-corrected chi connectivity index (χ0v) is 22.5. The predicted molar refractivity (Wildman–Crippen MR) is 141 cm³/mol. The summed E-state index contributed by atoms with van der Waals surface area (Å²) in [5.41, 5.74) is -1.92. The highest BCUT2D eigenvalue weighted by Crippen LogP contribution is 2.46. The molecule has 7 nitrogen and oxygen atoms in total. The fraction of sp³-hybridized carbons (Fsp3) is 0.448. The molecule has 6 rings (SSSR count). The quantitative estimate of drug-likeness (QED) is 0.293. The number of halogens is 4. The van der Waals surface area contributed by atoms with Crippen molar-refractivity contribution >= 4 is 5.65 Å². The van der Waals surface area contributed by atoms with Crippen LogP contribution in [0.5, 0.6) is 0 Å². The predicted octanol–water partition coefficient (Wildman–Crippen LogP) is 5.78. The average Bonchev–Trinajstić information content (AvgIpc) is 3.63. The molecule has 0 aliphatic heterocycles. The van der Waals surface area contributed by atoms with Crippen LogP contribution in [0.1, 0.15) is 80.4 Å². The molecule has 0 amide bonds. The molecule has 0 saturated heterocycles. The number of aryl methyl sites for hydroxylation is 1. The van der Waals surface area contributed by atoms with Crippen LogP contribution in [-0.2, 0) is 13.2 Å². The summed E-state index contributed by atoms with van der Waals surface area (Å²) >= 11 is 0. The Bertz CT molecular complexity index is 1650. The van der Waals surface area contributed by atoms with Gasteiger partial charge in [-0.05, 0) is 63.0 Å². The molecule has 2 atom stereocenters. The molecule has 1 N–H and O–H groups in total. The van der Waals surface area contributed by atoms with Gasteiger partial charge < -0.3 is 9.88 Å². The van der Waals surface area contributed by atoms with Crippen LogP contribution in [0.25, 0.3) is 16.8 Å². The number of rotatable bonds is 7. The second-order valence-electron chi connectivity index (χ2n) is 11.5. The van der Waals surface area contributed by atoms with E-state index in [1.807, 2.05) is 36.7 Å². The molecule has 4 aromatic rings. The lowest BCUT2D eigenvalue weighted by molar-refractivity contribution is -0.139. The van der Waals surface area contributed by atoms with Gasteiger partial charge in [0, 0.05) is 42.5 Å². The molecule has 1 aromatic carbocycles. The maximum atomic E-state index is 15.5. The minimum atomic E-state index is -5.04. The summed E-state index contributed by atoms with van der Waals surface area (Å²) in [5, 5.41) is 11.6. The van der Waals surface area contributed by atoms with Gasteiger partial charge in [0.05, 0.1) is 5.56 Å². The molecule has 3 heterocycles. The van der Waals surface area contributed by atoms with Crippen LogP contribution in [0.3, 0.4) is 0 Å². The van der Waals surface area contributed by atoms with Gasteiger partial charge in [-0.1, -0.05) is 24.3 Å². The smallest absolute Gasteiger partial charge is 0.320 e. The van der Waals surface area contributed by atoms with Crippen LogP contribution in [0.4, 0.5) is 17.6 Å². The van der Waals surface area contributed by atoms with E-state index in [0.29, 0.717) is 11.5 Å². The van der Waals surface area contributed by atoms with Gasteiger partial charge >= 0.3 is 6.18 Å². The van der Waals surface area contributed by atoms with Crippen molar-refractivity contribution in [2.45, 2.75) is 69.6 Å². The van der Waals surface area contributed by atoms with Gasteiger partial charge in [-0.3, -0.25) is 9.20 Å². The number of fused-ring (bicyclic) bond motifs is 1. The van der Waals surface area contributed by atoms with Crippen LogP contribution in [0.2, 0.25) is 0 Å². The Balaban J connectivity index is 1.48. The number of nitrogens with zero attached hydrogens (tertiary/aromatic N) is 5. The van der Waals surface area contributed by atoms with E-state index in [1.165, 1.54) is 0 Å². The number of alkyl halides is 3. The zero-order chi connectivity index (χ0) is 28.4. The summed E-state index contributed by atoms with van der Waals surface area (Å²) in [7, 11) is 1.88. The minimum absolute atomic E-state index is 0.0269. The van der Waals surface area contributed by atoms with Gasteiger partial charge in [-0.2, -0.15) is 13.2 Å². The van der Waals surface area contributed by atoms with E-state index < -0.39 is 34.8 Å². The third-order valence-electron chi connectivity index (χ3n) is 8.40. The highest BCUT2D eigenvalue weighted by Gasteiger charge is 2.41. The molecule has 0 spiro atoms. The van der Waals surface area contributed by atoms with E-state index in [-0.39, 0.29) is 22.6 Å². The third-order valence-corrected chi connectivity index (χ3v) is 8.40. The minimum Gasteiger partial charge on any atom is -0.320 e. The van der Waals surface area contributed by atoms with E-state index in [1.54, 1.807) is 19.3 Å². The van der Waals surface area contributed by atoms with Gasteiger partial charge in [0.25, 0.3) is 5.56 Å². The highest BCUT2D eigenvalue weighted by atomic mass is 19.4. The van der Waals surface area contributed by atoms with E-state index in [9.17, 15) is 18.0 Å². The van der Waals surface area contributed by atoms with Gasteiger partial charge in [-0.15, -0.1) is 10.2 Å². The number of aromatic nitrogens is 5. The summed E-state index contributed by atoms with van der Waals surface area (Å²) in [4.78, 5) is 17.7. The molecule has 2 aliphatic carbocycles. The molecule has 11 heteroatoms. The summed E-state index contributed by atoms with van der Waals surface area (Å²) in [6.45, 7) is 3.58. The Kier molecular flexibility index (Phi) is 6.32. The van der Waals surface area contributed by atoms with Gasteiger partial charge in [-0.25, -0.2) is 9.37 Å². The maximum absolute atomic E-state index is 15.5. The molecule has 40 heavy (non-hydrogen) atoms. The lowest BCUT2D eigenvalue weighted by Gasteiger charge is -2.41. The second kappa shape index (κ2) is 9.50. The van der Waals surface area contributed by atoms with Gasteiger partial charge in [0.2, 0.25) is 0 Å². The summed E-state index contributed by atoms with van der Waals surface area (Å²) in [6, 6.07) is 6.61. The van der Waals surface area contributed by atoms with Crippen LogP contribution in [0.15, 0.2) is 47.8 Å². The fourth-order valence-electron chi connectivity index (χ4n) is 5.95. The Morgan fingerprint density at radius 1 is 1.20 bits per heavy atom. The van der Waals surface area contributed by atoms with E-state index in [4.69, 9.17) is 0 Å². The Hall–Kier alpha value is -3.60. The van der Waals surface area contributed by atoms with Crippen molar-refractivity contribution in [3.05, 3.63) is 81.7 Å². The Labute approximate surface area is 228 Å². The summed E-state index contributed by atoms with van der Waals surface area (Å²) in [6.07, 6.45) is 3.64. The van der Waals surface area contributed by atoms with E-state index in [0.717, 1.165) is 60.3 Å². The number of pyridine rings is 1. The van der Waals surface area contributed by atoms with Crippen LogP contribution in [0, 0.1) is 11.7 Å². The third kappa shape index (κ3) is 4.59. The first-order valence-electron chi connectivity index (χ1n) is 13.5. The molecule has 0 radical (unpaired) electrons. The number of nitrogens with one attached hydrogen (secondary N) is 1. The lowest BCUT2D eigenvalue weighted by atomic mass is 9.78. The van der Waals surface area contributed by atoms with Crippen molar-refractivity contribution in [2.24, 2.45) is 13.0 Å². The normalized spacial score (nSPS) is 18.5. The van der Waals surface area contributed by atoms with Crippen LogP contribution >= 0.6 is 0 Å². The fourth-order valence-corrected chi connectivity index (χ4v) is 5.95. The summed E-state index contributed by atoms with van der Waals surface area (Å²) < 4.78 is 60.6. The number of hydrogen-bond acceptors (Lipinski definition) is 5. The molecule has 0 bridgehead atoms. The number of benzene rings is 1. The van der Waals surface area contributed by atoms with Crippen molar-refractivity contribution in [3.63, 3.8) is 0 Å². The molecular formula is C29H30F4N6O. The average molecular weight is 555 g/mol. The van der Waals surface area contributed by atoms with Crippen molar-refractivity contribution < 1.29 is 17.6 Å². The van der Waals surface area contributed by atoms with Crippen LogP contribution in [-0.4, -0.2) is 29.7 Å². The first kappa shape index (κ1) is 26.6. The molecule has 2 unspecified atom stereocenters. The van der Waals surface area contributed by atoms with Crippen molar-refractivity contribution in [2.75, 3.05) is 0 Å². The Morgan fingerprint density at radius 3 is 2.55 bits per heavy atom. The largest absolute Gasteiger partial charge is 0.422 e. The monoisotopic (exact) mass is 554 g/mol. The van der Waals surface area contributed by atoms with E-state index in [2.05, 4.69) is 20.5 Å². The van der Waals surface area contributed by atoms with Crippen molar-refractivity contribution in [3.8, 4) is 11.1 Å². The lowest BCUT2D eigenvalue weighted by Crippen LogP contribution is -2.49. The van der Waals surface area contributed by atoms with Gasteiger partial charge in [0.15, 0.2) is 5.65 Å². The summed E-state index contributed by atoms with van der Waals surface area (Å²) in [5.74, 6) is -0.237. The van der Waals surface area contributed by atoms with Crippen LogP contribution < -0.4 is 10.9 Å². The van der Waals surface area contributed by atoms with Crippen molar-refractivity contribution in [1.82, 2.24) is 29.5 Å². The molecule has 3 aromatic heterocycles. The standard InChI is InChI=1S/C29H30F4N6O/c1-16(36-28(2)10-5-11-28)21-14-39-26(23(24(21)30)29(31,32)33)34-13-20(27(39)40)18-6-4-7-19(12-18)22(17-8-9-17)25-37-35-15-38(25)3/h4,6-7,12-17,22,36H,5,8-11H2,1-3H3. The highest BCUT2D eigenvalue weighted by molar-refractivity contribution is 5.65. The molecule has 2 aliphatic rings. The molecular weight excluding hydrogens is 524 g/mol.